The Balaban J connectivity index is 1.26. The lowest BCUT2D eigenvalue weighted by atomic mass is 9.81. The Morgan fingerprint density at radius 1 is 1.10 bits per heavy atom. The van der Waals surface area contributed by atoms with Crippen LogP contribution in [0.2, 0.25) is 0 Å². The van der Waals surface area contributed by atoms with E-state index in [1.165, 1.54) is 12.4 Å². The first kappa shape index (κ1) is 28.6. The van der Waals surface area contributed by atoms with Gasteiger partial charge < -0.3 is 20.1 Å². The van der Waals surface area contributed by atoms with Crippen LogP contribution in [-0.4, -0.2) is 75.8 Å². The monoisotopic (exact) mass is 591 g/mol. The number of aromatic nitrogens is 5. The Morgan fingerprint density at radius 3 is 2.57 bits per heavy atom. The third-order valence-electron chi connectivity index (χ3n) is 8.61. The molecule has 0 spiro atoms. The molecular formula is C30H37N7O4S. The summed E-state index contributed by atoms with van der Waals surface area (Å²) in [5, 5.41) is 16.9. The van der Waals surface area contributed by atoms with Gasteiger partial charge in [-0.05, 0) is 56.9 Å². The van der Waals surface area contributed by atoms with Gasteiger partial charge >= 0.3 is 0 Å². The maximum Gasteiger partial charge on any atom is 0.256 e. The van der Waals surface area contributed by atoms with E-state index in [1.807, 2.05) is 12.3 Å². The second-order valence-corrected chi connectivity index (χ2v) is 14.3. The highest BCUT2D eigenvalue weighted by Gasteiger charge is 2.38. The molecule has 0 unspecified atom stereocenters. The first-order chi connectivity index (χ1) is 20.2. The fourth-order valence-electron chi connectivity index (χ4n) is 5.26. The molecule has 0 amide bonds. The Morgan fingerprint density at radius 2 is 1.86 bits per heavy atom. The van der Waals surface area contributed by atoms with Gasteiger partial charge in [0.15, 0.2) is 5.82 Å². The van der Waals surface area contributed by atoms with Crippen LogP contribution < -0.4 is 10.2 Å². The maximum absolute atomic E-state index is 12.6. The molecule has 1 aliphatic carbocycles. The molecule has 2 saturated heterocycles. The molecule has 0 aromatic carbocycles. The lowest BCUT2D eigenvalue weighted by Crippen LogP contribution is -2.40. The molecule has 222 valence electrons. The summed E-state index contributed by atoms with van der Waals surface area (Å²) in [6.45, 7) is 7.58. The van der Waals surface area contributed by atoms with Gasteiger partial charge in [0.1, 0.15) is 11.6 Å². The highest BCUT2D eigenvalue weighted by molar-refractivity contribution is 7.90. The van der Waals surface area contributed by atoms with E-state index in [0.29, 0.717) is 35.9 Å². The number of pyridine rings is 1. The molecule has 0 radical (unpaired) electrons. The van der Waals surface area contributed by atoms with Gasteiger partial charge in [-0.2, -0.15) is 9.19 Å². The summed E-state index contributed by atoms with van der Waals surface area (Å²) in [5.41, 5.74) is 2.22. The highest BCUT2D eigenvalue weighted by Crippen LogP contribution is 2.35. The smallest absolute Gasteiger partial charge is 0.256 e. The summed E-state index contributed by atoms with van der Waals surface area (Å²) in [7, 11) is -3.47. The van der Waals surface area contributed by atoms with Crippen molar-refractivity contribution in [2.75, 3.05) is 43.1 Å². The number of hydrogen-bond donors (Lipinski definition) is 2. The summed E-state index contributed by atoms with van der Waals surface area (Å²) in [4.78, 5) is 15.9. The van der Waals surface area contributed by atoms with Gasteiger partial charge in [0.2, 0.25) is 0 Å². The normalized spacial score (nSPS) is 20.0. The van der Waals surface area contributed by atoms with Crippen LogP contribution in [0, 0.1) is 22.7 Å². The van der Waals surface area contributed by atoms with Crippen molar-refractivity contribution in [3.8, 4) is 23.2 Å². The maximum atomic E-state index is 12.6. The number of aliphatic hydroxyl groups excluding tert-OH is 1. The largest absolute Gasteiger partial charge is 0.396 e. The predicted octanol–water partition coefficient (Wildman–Crippen LogP) is 3.59. The van der Waals surface area contributed by atoms with Crippen molar-refractivity contribution < 1.29 is 18.3 Å². The number of nitrogens with zero attached hydrogens (tertiary/aromatic N) is 6. The molecule has 5 heterocycles. The van der Waals surface area contributed by atoms with Crippen molar-refractivity contribution in [1.82, 2.24) is 24.1 Å². The fraction of sp³-hybridized carbons (Fsp3) is 0.533. The summed E-state index contributed by atoms with van der Waals surface area (Å²) in [6.07, 6.45) is 11.3. The molecule has 42 heavy (non-hydrogen) atoms. The number of rotatable bonds is 7. The van der Waals surface area contributed by atoms with Crippen molar-refractivity contribution in [3.63, 3.8) is 0 Å². The van der Waals surface area contributed by atoms with E-state index < -0.39 is 10.0 Å². The number of aliphatic hydroxyl groups is 1. The Labute approximate surface area is 246 Å². The highest BCUT2D eigenvalue weighted by atomic mass is 32.2. The molecule has 2 aliphatic heterocycles. The van der Waals surface area contributed by atoms with Crippen LogP contribution >= 0.6 is 0 Å². The first-order valence-corrected chi connectivity index (χ1v) is 16.0. The molecule has 2 N–H and O–H groups in total. The topological polar surface area (TPSA) is 135 Å². The second kappa shape index (κ2) is 11.3. The lowest BCUT2D eigenvalue weighted by molar-refractivity contribution is 0.0487. The Kier molecular flexibility index (Phi) is 7.68. The molecule has 12 heteroatoms. The molecule has 1 saturated carbocycles. The van der Waals surface area contributed by atoms with Crippen LogP contribution in [0.5, 0.6) is 0 Å². The summed E-state index contributed by atoms with van der Waals surface area (Å²) >= 11 is 0. The number of hydrogen-bond acceptors (Lipinski definition) is 10. The van der Waals surface area contributed by atoms with Crippen molar-refractivity contribution in [1.29, 1.82) is 0 Å². The third-order valence-corrected chi connectivity index (χ3v) is 10.6. The zero-order valence-electron chi connectivity index (χ0n) is 24.1. The van der Waals surface area contributed by atoms with E-state index in [0.717, 1.165) is 67.3 Å². The third kappa shape index (κ3) is 6.14. The van der Waals surface area contributed by atoms with Crippen LogP contribution in [-0.2, 0) is 14.8 Å². The van der Waals surface area contributed by atoms with Gasteiger partial charge in [0, 0.05) is 56.8 Å². The van der Waals surface area contributed by atoms with Gasteiger partial charge in [-0.15, -0.1) is 0 Å². The second-order valence-electron chi connectivity index (χ2n) is 12.2. The quantitative estimate of drug-likeness (QED) is 0.393. The van der Waals surface area contributed by atoms with Crippen molar-refractivity contribution in [2.24, 2.45) is 10.8 Å². The van der Waals surface area contributed by atoms with Crippen LogP contribution in [0.3, 0.4) is 0 Å². The standard InChI is InChI=1S/C30H37N7O4S/c1-29(10-15-41-16-11-29)7-5-22-18-32-27(17-25(22)36-13-8-30(2,21-38)9-14-36)34-26-6-12-31-28(35-26)23-19-33-37(20-23)42(39,40)24-3-4-24/h6,12,17-20,24,38H,3-4,8-11,13-16,21H2,1-2H3,(H,31,32,34,35). The van der Waals surface area contributed by atoms with E-state index in [9.17, 15) is 13.5 Å². The van der Waals surface area contributed by atoms with Crippen LogP contribution in [0.4, 0.5) is 17.3 Å². The molecule has 3 aromatic heterocycles. The van der Waals surface area contributed by atoms with Crippen molar-refractivity contribution in [3.05, 3.63) is 42.5 Å². The minimum atomic E-state index is -3.47. The van der Waals surface area contributed by atoms with Gasteiger partial charge in [-0.25, -0.2) is 23.4 Å². The summed E-state index contributed by atoms with van der Waals surface area (Å²) in [5.74, 6) is 8.44. The average molecular weight is 592 g/mol. The minimum Gasteiger partial charge on any atom is -0.396 e. The van der Waals surface area contributed by atoms with Gasteiger partial charge in [-0.3, -0.25) is 0 Å². The molecule has 3 aliphatic rings. The first-order valence-electron chi connectivity index (χ1n) is 14.5. The predicted molar refractivity (Wildman–Crippen MR) is 160 cm³/mol. The van der Waals surface area contributed by atoms with E-state index in [1.54, 1.807) is 12.3 Å². The van der Waals surface area contributed by atoms with Gasteiger partial charge in [-0.1, -0.05) is 18.8 Å². The molecule has 11 nitrogen and oxygen atoms in total. The van der Waals surface area contributed by atoms with Gasteiger partial charge in [0.05, 0.1) is 34.5 Å². The fourth-order valence-corrected chi connectivity index (χ4v) is 6.73. The zero-order chi connectivity index (χ0) is 29.4. The zero-order valence-corrected chi connectivity index (χ0v) is 24.9. The molecule has 6 rings (SSSR count). The van der Waals surface area contributed by atoms with Crippen molar-refractivity contribution >= 4 is 27.3 Å². The van der Waals surface area contributed by atoms with Gasteiger partial charge in [0.25, 0.3) is 10.0 Å². The minimum absolute atomic E-state index is 0.0742. The Hall–Kier alpha value is -3.53. The summed E-state index contributed by atoms with van der Waals surface area (Å²) < 4.78 is 31.7. The van der Waals surface area contributed by atoms with E-state index in [4.69, 9.17) is 4.74 Å². The van der Waals surface area contributed by atoms with Crippen LogP contribution in [0.15, 0.2) is 36.9 Å². The molecule has 0 bridgehead atoms. The van der Waals surface area contributed by atoms with E-state index in [2.05, 4.69) is 56.0 Å². The van der Waals surface area contributed by atoms with Crippen LogP contribution in [0.1, 0.15) is 57.9 Å². The number of anilines is 3. The number of piperidine rings is 1. The number of ether oxygens (including phenoxy) is 1. The molecule has 0 atom stereocenters. The Bertz CT molecular complexity index is 1610. The van der Waals surface area contributed by atoms with E-state index >= 15 is 0 Å². The molecular weight excluding hydrogens is 554 g/mol. The lowest BCUT2D eigenvalue weighted by Gasteiger charge is -2.39. The van der Waals surface area contributed by atoms with Crippen LogP contribution in [0.25, 0.3) is 11.4 Å². The average Bonchev–Trinajstić information content (AvgIpc) is 3.74. The van der Waals surface area contributed by atoms with Crippen molar-refractivity contribution in [2.45, 2.75) is 57.6 Å². The number of nitrogens with one attached hydrogen (secondary N) is 1. The van der Waals surface area contributed by atoms with E-state index in [-0.39, 0.29) is 22.7 Å². The molecule has 3 aromatic rings. The molecule has 3 fully saturated rings. The SMILES string of the molecule is CC1(C#Cc2cnc(Nc3ccnc(-c4cnn(S(=O)(=O)C5CC5)c4)n3)cc2N2CCC(C)(CO)CC2)CCOCC1. The summed E-state index contributed by atoms with van der Waals surface area (Å²) in [6, 6.07) is 3.74.